The number of benzene rings is 1. The van der Waals surface area contributed by atoms with Crippen LogP contribution in [0, 0.1) is 0 Å². The van der Waals surface area contributed by atoms with Crippen LogP contribution in [0.15, 0.2) is 46.6 Å². The molecule has 1 amide bonds. The molecule has 1 aliphatic heterocycles. The van der Waals surface area contributed by atoms with Crippen LogP contribution < -0.4 is 4.74 Å². The SMILES string of the molecule is CCOc1ccc(Cl)c(/C(O)=C2/C(=O)C(=O)N(CCOC)C2c2ccco2)c1. The van der Waals surface area contributed by atoms with E-state index in [0.717, 1.165) is 0 Å². The van der Waals surface area contributed by atoms with Crippen LogP contribution in [0.5, 0.6) is 5.75 Å². The van der Waals surface area contributed by atoms with Gasteiger partial charge >= 0.3 is 0 Å². The van der Waals surface area contributed by atoms with E-state index >= 15 is 0 Å². The van der Waals surface area contributed by atoms with Crippen molar-refractivity contribution in [3.8, 4) is 5.75 Å². The number of Topliss-reactive ketones (excluding diaryl/α,β-unsaturated/α-hetero) is 1. The molecule has 1 unspecified atom stereocenters. The van der Waals surface area contributed by atoms with Crippen LogP contribution >= 0.6 is 11.6 Å². The van der Waals surface area contributed by atoms with E-state index in [9.17, 15) is 14.7 Å². The third kappa shape index (κ3) is 3.63. The average Bonchev–Trinajstić information content (AvgIpc) is 3.29. The van der Waals surface area contributed by atoms with Crippen molar-refractivity contribution in [2.24, 2.45) is 0 Å². The zero-order valence-electron chi connectivity index (χ0n) is 15.5. The summed E-state index contributed by atoms with van der Waals surface area (Å²) < 4.78 is 15.9. The largest absolute Gasteiger partial charge is 0.507 e. The van der Waals surface area contributed by atoms with Crippen molar-refractivity contribution < 1.29 is 28.6 Å². The normalized spacial score (nSPS) is 18.7. The Balaban J connectivity index is 2.15. The van der Waals surface area contributed by atoms with Crippen molar-refractivity contribution in [1.82, 2.24) is 4.90 Å². The molecule has 28 heavy (non-hydrogen) atoms. The first-order chi connectivity index (χ1) is 13.5. The molecule has 1 aromatic heterocycles. The third-order valence-corrected chi connectivity index (χ3v) is 4.72. The number of hydrogen-bond acceptors (Lipinski definition) is 6. The Morgan fingerprint density at radius 3 is 2.75 bits per heavy atom. The van der Waals surface area contributed by atoms with Crippen molar-refractivity contribution in [2.75, 3.05) is 26.9 Å². The number of halogens is 1. The number of aliphatic hydroxyl groups excluding tert-OH is 1. The lowest BCUT2D eigenvalue weighted by Gasteiger charge is -2.22. The lowest BCUT2D eigenvalue weighted by molar-refractivity contribution is -0.140. The van der Waals surface area contributed by atoms with Crippen LogP contribution in [-0.4, -0.2) is 48.6 Å². The van der Waals surface area contributed by atoms with Gasteiger partial charge < -0.3 is 23.9 Å². The first-order valence-electron chi connectivity index (χ1n) is 8.73. The Morgan fingerprint density at radius 1 is 1.32 bits per heavy atom. The molecule has 0 aliphatic carbocycles. The van der Waals surface area contributed by atoms with Gasteiger partial charge in [-0.2, -0.15) is 0 Å². The number of carbonyl (C=O) groups excluding carboxylic acids is 2. The van der Waals surface area contributed by atoms with Crippen LogP contribution in [0.25, 0.3) is 5.76 Å². The minimum atomic E-state index is -0.878. The first kappa shape index (κ1) is 20.0. The molecule has 1 saturated heterocycles. The molecule has 0 bridgehead atoms. The highest BCUT2D eigenvalue weighted by Crippen LogP contribution is 2.41. The Hall–Kier alpha value is -2.77. The number of hydrogen-bond donors (Lipinski definition) is 1. The topological polar surface area (TPSA) is 89.2 Å². The number of carbonyl (C=O) groups is 2. The van der Waals surface area contributed by atoms with E-state index in [1.807, 2.05) is 6.92 Å². The van der Waals surface area contributed by atoms with E-state index in [1.165, 1.54) is 24.3 Å². The Labute approximate surface area is 167 Å². The number of aliphatic hydroxyl groups is 1. The van der Waals surface area contributed by atoms with E-state index in [2.05, 4.69) is 0 Å². The highest BCUT2D eigenvalue weighted by atomic mass is 35.5. The molecule has 1 atom stereocenters. The van der Waals surface area contributed by atoms with Crippen molar-refractivity contribution in [1.29, 1.82) is 0 Å². The number of likely N-dealkylation sites (tertiary alicyclic amines) is 1. The molecule has 2 aromatic rings. The first-order valence-corrected chi connectivity index (χ1v) is 9.10. The monoisotopic (exact) mass is 405 g/mol. The number of amides is 1. The highest BCUT2D eigenvalue weighted by Gasteiger charge is 2.47. The van der Waals surface area contributed by atoms with Crippen molar-refractivity contribution >= 4 is 29.1 Å². The fourth-order valence-corrected chi connectivity index (χ4v) is 3.34. The summed E-state index contributed by atoms with van der Waals surface area (Å²) in [7, 11) is 1.50. The van der Waals surface area contributed by atoms with Crippen molar-refractivity contribution in [2.45, 2.75) is 13.0 Å². The van der Waals surface area contributed by atoms with E-state index in [-0.39, 0.29) is 35.1 Å². The Kier molecular flexibility index (Phi) is 6.06. The molecular formula is C20H20ClNO6. The Bertz CT molecular complexity index is 905. The van der Waals surface area contributed by atoms with Crippen molar-refractivity contribution in [3.05, 3.63) is 58.5 Å². The number of methoxy groups -OCH3 is 1. The molecule has 1 N–H and O–H groups in total. The summed E-state index contributed by atoms with van der Waals surface area (Å²) >= 11 is 6.24. The summed E-state index contributed by atoms with van der Waals surface area (Å²) in [6.07, 6.45) is 1.44. The maximum absolute atomic E-state index is 12.8. The maximum Gasteiger partial charge on any atom is 0.295 e. The average molecular weight is 406 g/mol. The summed E-state index contributed by atoms with van der Waals surface area (Å²) in [5.74, 6) is -1.10. The lowest BCUT2D eigenvalue weighted by Crippen LogP contribution is -2.32. The fraction of sp³-hybridized carbons (Fsp3) is 0.300. The van der Waals surface area contributed by atoms with Gasteiger partial charge in [-0.15, -0.1) is 0 Å². The maximum atomic E-state index is 12.8. The zero-order valence-corrected chi connectivity index (χ0v) is 16.2. The van der Waals surface area contributed by atoms with Gasteiger partial charge in [0.2, 0.25) is 0 Å². The molecule has 1 aliphatic rings. The second kappa shape index (κ2) is 8.50. The van der Waals surface area contributed by atoms with Gasteiger partial charge in [0.05, 0.1) is 30.1 Å². The van der Waals surface area contributed by atoms with Crippen LogP contribution in [0.2, 0.25) is 5.02 Å². The van der Waals surface area contributed by atoms with Gasteiger partial charge in [-0.25, -0.2) is 0 Å². The summed E-state index contributed by atoms with van der Waals surface area (Å²) in [5.41, 5.74) is 0.112. The molecule has 0 saturated carbocycles. The number of ketones is 1. The van der Waals surface area contributed by atoms with Crippen LogP contribution in [0.1, 0.15) is 24.3 Å². The lowest BCUT2D eigenvalue weighted by atomic mass is 9.99. The molecule has 0 spiro atoms. The molecule has 0 radical (unpaired) electrons. The summed E-state index contributed by atoms with van der Waals surface area (Å²) in [6.45, 7) is 2.64. The van der Waals surface area contributed by atoms with Gasteiger partial charge in [-0.05, 0) is 37.3 Å². The predicted octanol–water partition coefficient (Wildman–Crippen LogP) is 3.40. The van der Waals surface area contributed by atoms with E-state index in [4.69, 9.17) is 25.5 Å². The van der Waals surface area contributed by atoms with Crippen LogP contribution in [0.4, 0.5) is 0 Å². The molecular weight excluding hydrogens is 386 g/mol. The fourth-order valence-electron chi connectivity index (χ4n) is 3.13. The summed E-state index contributed by atoms with van der Waals surface area (Å²) in [4.78, 5) is 26.7. The molecule has 3 rings (SSSR count). The quantitative estimate of drug-likeness (QED) is 0.431. The van der Waals surface area contributed by atoms with Gasteiger partial charge in [0, 0.05) is 19.2 Å². The Morgan fingerprint density at radius 2 is 2.11 bits per heavy atom. The van der Waals surface area contributed by atoms with Gasteiger partial charge in [-0.1, -0.05) is 11.6 Å². The van der Waals surface area contributed by atoms with Gasteiger partial charge in [0.25, 0.3) is 11.7 Å². The van der Waals surface area contributed by atoms with E-state index in [0.29, 0.717) is 18.1 Å². The van der Waals surface area contributed by atoms with Crippen molar-refractivity contribution in [3.63, 3.8) is 0 Å². The molecule has 2 heterocycles. The molecule has 148 valence electrons. The van der Waals surface area contributed by atoms with Gasteiger partial charge in [-0.3, -0.25) is 9.59 Å². The van der Waals surface area contributed by atoms with Gasteiger partial charge in [0.1, 0.15) is 23.3 Å². The minimum Gasteiger partial charge on any atom is -0.507 e. The molecule has 8 heteroatoms. The van der Waals surface area contributed by atoms with Crippen LogP contribution in [-0.2, 0) is 14.3 Å². The second-order valence-corrected chi connectivity index (χ2v) is 6.48. The smallest absolute Gasteiger partial charge is 0.295 e. The molecule has 7 nitrogen and oxygen atoms in total. The molecule has 1 fully saturated rings. The van der Waals surface area contributed by atoms with Gasteiger partial charge in [0.15, 0.2) is 0 Å². The standard InChI is InChI=1S/C20H20ClNO6/c1-3-27-12-6-7-14(21)13(11-12)18(23)16-17(15-5-4-9-28-15)22(8-10-26-2)20(25)19(16)24/h4-7,9,11,17,23H,3,8,10H2,1-2H3/b18-16-. The third-order valence-electron chi connectivity index (χ3n) is 4.39. The predicted molar refractivity (Wildman–Crippen MR) is 102 cm³/mol. The van der Waals surface area contributed by atoms with E-state index in [1.54, 1.807) is 24.3 Å². The highest BCUT2D eigenvalue weighted by molar-refractivity contribution is 6.46. The number of furan rings is 1. The second-order valence-electron chi connectivity index (χ2n) is 6.08. The number of rotatable bonds is 7. The summed E-state index contributed by atoms with van der Waals surface area (Å²) in [5, 5.41) is 11.2. The number of nitrogens with zero attached hydrogens (tertiary/aromatic N) is 1. The van der Waals surface area contributed by atoms with Crippen LogP contribution in [0.3, 0.4) is 0 Å². The van der Waals surface area contributed by atoms with E-state index < -0.39 is 17.7 Å². The zero-order chi connectivity index (χ0) is 20.3. The molecule has 1 aromatic carbocycles. The summed E-state index contributed by atoms with van der Waals surface area (Å²) in [6, 6.07) is 7.16. The minimum absolute atomic E-state index is 0.0911. The number of ether oxygens (including phenoxy) is 2.